The Morgan fingerprint density at radius 3 is 2.65 bits per heavy atom. The molecule has 0 aromatic heterocycles. The Balaban J connectivity index is 3.22. The number of carbonyl (C=O) groups excluding carboxylic acids is 1. The number of allylic oxidation sites excluding steroid dienone is 2. The van der Waals surface area contributed by atoms with Gasteiger partial charge in [-0.1, -0.05) is 30.9 Å². The van der Waals surface area contributed by atoms with Gasteiger partial charge in [0.15, 0.2) is 0 Å². The zero-order chi connectivity index (χ0) is 12.8. The summed E-state index contributed by atoms with van der Waals surface area (Å²) in [5, 5.41) is 0. The largest absolute Gasteiger partial charge is 0.452 e. The minimum absolute atomic E-state index is 0.436. The number of nitrogens with zero attached hydrogens (tertiary/aromatic N) is 1. The van der Waals surface area contributed by atoms with Crippen molar-refractivity contribution in [2.45, 2.75) is 13.3 Å². The third-order valence-corrected chi connectivity index (χ3v) is 2.34. The number of para-hydroxylation sites is 1. The summed E-state index contributed by atoms with van der Waals surface area (Å²) in [6.45, 7) is 9.28. The average Bonchev–Trinajstić information content (AvgIpc) is 2.31. The number of hydrogen-bond donors (Lipinski definition) is 0. The van der Waals surface area contributed by atoms with Gasteiger partial charge in [0.2, 0.25) is 0 Å². The van der Waals surface area contributed by atoms with E-state index in [1.807, 2.05) is 24.3 Å². The number of amides is 1. The van der Waals surface area contributed by atoms with Gasteiger partial charge in [0.25, 0.3) is 0 Å². The maximum Gasteiger partial charge on any atom is 0.418 e. The van der Waals surface area contributed by atoms with Gasteiger partial charge in [-0.3, -0.25) is 4.90 Å². The van der Waals surface area contributed by atoms with E-state index in [9.17, 15) is 4.79 Å². The first-order valence-corrected chi connectivity index (χ1v) is 5.34. The molecule has 0 heterocycles. The normalized spacial score (nSPS) is 9.53. The molecule has 3 heteroatoms. The Bertz CT molecular complexity index is 438. The molecule has 0 aliphatic carbocycles. The Hall–Kier alpha value is -2.03. The van der Waals surface area contributed by atoms with Crippen LogP contribution in [0.15, 0.2) is 49.2 Å². The highest BCUT2D eigenvalue weighted by atomic mass is 16.5. The van der Waals surface area contributed by atoms with Crippen molar-refractivity contribution in [2.75, 3.05) is 12.0 Å². The number of carbonyl (C=O) groups is 1. The van der Waals surface area contributed by atoms with Crippen molar-refractivity contribution in [3.05, 3.63) is 54.8 Å². The molecule has 0 unspecified atom stereocenters. The van der Waals surface area contributed by atoms with Crippen molar-refractivity contribution in [1.29, 1.82) is 0 Å². The van der Waals surface area contributed by atoms with Gasteiger partial charge in [0.05, 0.1) is 12.8 Å². The maximum absolute atomic E-state index is 11.7. The SMILES string of the molecule is C=CCc1ccccc1N(C(=C)C)C(=O)OC. The van der Waals surface area contributed by atoms with E-state index in [-0.39, 0.29) is 0 Å². The van der Waals surface area contributed by atoms with Gasteiger partial charge in [0.1, 0.15) is 0 Å². The summed E-state index contributed by atoms with van der Waals surface area (Å²) in [5.41, 5.74) is 2.41. The van der Waals surface area contributed by atoms with Crippen LogP contribution in [-0.4, -0.2) is 13.2 Å². The molecule has 0 fully saturated rings. The van der Waals surface area contributed by atoms with E-state index in [4.69, 9.17) is 4.74 Å². The van der Waals surface area contributed by atoms with Crippen LogP contribution < -0.4 is 4.90 Å². The lowest BCUT2D eigenvalue weighted by molar-refractivity contribution is 0.180. The van der Waals surface area contributed by atoms with Crippen LogP contribution in [0.25, 0.3) is 0 Å². The predicted molar refractivity (Wildman–Crippen MR) is 70.0 cm³/mol. The van der Waals surface area contributed by atoms with E-state index in [0.717, 1.165) is 11.3 Å². The molecular weight excluding hydrogens is 214 g/mol. The lowest BCUT2D eigenvalue weighted by Crippen LogP contribution is -2.29. The first-order chi connectivity index (χ1) is 8.11. The monoisotopic (exact) mass is 231 g/mol. The zero-order valence-electron chi connectivity index (χ0n) is 10.3. The van der Waals surface area contributed by atoms with Crippen LogP contribution >= 0.6 is 0 Å². The molecule has 17 heavy (non-hydrogen) atoms. The molecule has 1 aromatic carbocycles. The van der Waals surface area contributed by atoms with Gasteiger partial charge < -0.3 is 4.74 Å². The minimum atomic E-state index is -0.436. The maximum atomic E-state index is 11.7. The molecule has 0 saturated heterocycles. The molecule has 0 aliphatic heterocycles. The summed E-state index contributed by atoms with van der Waals surface area (Å²) in [7, 11) is 1.36. The first-order valence-electron chi connectivity index (χ1n) is 5.34. The Labute approximate surface area is 102 Å². The molecule has 0 spiro atoms. The van der Waals surface area contributed by atoms with Gasteiger partial charge >= 0.3 is 6.09 Å². The van der Waals surface area contributed by atoms with Crippen molar-refractivity contribution in [2.24, 2.45) is 0 Å². The van der Waals surface area contributed by atoms with Crippen molar-refractivity contribution in [1.82, 2.24) is 0 Å². The highest BCUT2D eigenvalue weighted by molar-refractivity contribution is 5.91. The second kappa shape index (κ2) is 5.89. The van der Waals surface area contributed by atoms with Gasteiger partial charge in [-0.2, -0.15) is 0 Å². The van der Waals surface area contributed by atoms with Crippen LogP contribution in [0, 0.1) is 0 Å². The Morgan fingerprint density at radius 2 is 2.12 bits per heavy atom. The zero-order valence-corrected chi connectivity index (χ0v) is 10.3. The molecule has 1 amide bonds. The van der Waals surface area contributed by atoms with E-state index in [1.165, 1.54) is 12.0 Å². The fourth-order valence-electron chi connectivity index (χ4n) is 1.61. The molecule has 0 saturated carbocycles. The second-order valence-corrected chi connectivity index (χ2v) is 3.66. The van der Waals surface area contributed by atoms with Crippen molar-refractivity contribution in [3.63, 3.8) is 0 Å². The van der Waals surface area contributed by atoms with E-state index < -0.39 is 6.09 Å². The molecule has 0 aliphatic rings. The van der Waals surface area contributed by atoms with Crippen molar-refractivity contribution < 1.29 is 9.53 Å². The predicted octanol–water partition coefficient (Wildman–Crippen LogP) is 3.52. The standard InChI is InChI=1S/C14H17NO2/c1-5-8-12-9-6-7-10-13(12)15(11(2)3)14(16)17-4/h5-7,9-10H,1-2,8H2,3-4H3. The molecule has 3 nitrogen and oxygen atoms in total. The molecule has 0 atom stereocenters. The fraction of sp³-hybridized carbons (Fsp3) is 0.214. The van der Waals surface area contributed by atoms with Gasteiger partial charge in [-0.05, 0) is 25.0 Å². The topological polar surface area (TPSA) is 29.5 Å². The molecule has 0 bridgehead atoms. The Morgan fingerprint density at radius 1 is 1.47 bits per heavy atom. The average molecular weight is 231 g/mol. The summed E-state index contributed by atoms with van der Waals surface area (Å²) in [4.78, 5) is 13.2. The molecule has 90 valence electrons. The van der Waals surface area contributed by atoms with E-state index in [1.54, 1.807) is 13.0 Å². The van der Waals surface area contributed by atoms with Crippen LogP contribution in [0.3, 0.4) is 0 Å². The molecule has 0 N–H and O–H groups in total. The summed E-state index contributed by atoms with van der Waals surface area (Å²) < 4.78 is 4.76. The van der Waals surface area contributed by atoms with E-state index in [2.05, 4.69) is 13.2 Å². The van der Waals surface area contributed by atoms with Crippen LogP contribution in [0.1, 0.15) is 12.5 Å². The lowest BCUT2D eigenvalue weighted by atomic mass is 10.1. The molecule has 1 aromatic rings. The molecule has 0 radical (unpaired) electrons. The smallest absolute Gasteiger partial charge is 0.418 e. The first kappa shape index (κ1) is 13.0. The summed E-state index contributed by atoms with van der Waals surface area (Å²) >= 11 is 0. The van der Waals surface area contributed by atoms with Gasteiger partial charge in [-0.15, -0.1) is 6.58 Å². The van der Waals surface area contributed by atoms with Crippen molar-refractivity contribution >= 4 is 11.8 Å². The second-order valence-electron chi connectivity index (χ2n) is 3.66. The van der Waals surface area contributed by atoms with E-state index >= 15 is 0 Å². The van der Waals surface area contributed by atoms with Crippen LogP contribution in [0.4, 0.5) is 10.5 Å². The quantitative estimate of drug-likeness (QED) is 0.742. The minimum Gasteiger partial charge on any atom is -0.452 e. The number of rotatable bonds is 4. The summed E-state index contributed by atoms with van der Waals surface area (Å²) in [6, 6.07) is 7.62. The number of ether oxygens (including phenoxy) is 1. The van der Waals surface area contributed by atoms with Crippen LogP contribution in [0.5, 0.6) is 0 Å². The van der Waals surface area contributed by atoms with E-state index in [0.29, 0.717) is 12.1 Å². The Kier molecular flexibility index (Phi) is 4.52. The summed E-state index contributed by atoms with van der Waals surface area (Å²) in [5.74, 6) is 0. The van der Waals surface area contributed by atoms with Crippen LogP contribution in [-0.2, 0) is 11.2 Å². The van der Waals surface area contributed by atoms with Crippen molar-refractivity contribution in [3.8, 4) is 0 Å². The molecule has 1 rings (SSSR count). The third kappa shape index (κ3) is 2.97. The van der Waals surface area contributed by atoms with Gasteiger partial charge in [-0.25, -0.2) is 4.79 Å². The fourth-order valence-corrected chi connectivity index (χ4v) is 1.61. The lowest BCUT2D eigenvalue weighted by Gasteiger charge is -2.23. The molecular formula is C14H17NO2. The highest BCUT2D eigenvalue weighted by Crippen LogP contribution is 2.24. The number of methoxy groups -OCH3 is 1. The number of anilines is 1. The highest BCUT2D eigenvalue weighted by Gasteiger charge is 2.19. The number of benzene rings is 1. The third-order valence-electron chi connectivity index (χ3n) is 2.34. The van der Waals surface area contributed by atoms with Gasteiger partial charge in [0, 0.05) is 5.70 Å². The van der Waals surface area contributed by atoms with Crippen LogP contribution in [0.2, 0.25) is 0 Å². The summed E-state index contributed by atoms with van der Waals surface area (Å²) in [6.07, 6.45) is 2.05. The number of hydrogen-bond acceptors (Lipinski definition) is 2.